The van der Waals surface area contributed by atoms with Gasteiger partial charge in [0.25, 0.3) is 0 Å². The fourth-order valence-corrected chi connectivity index (χ4v) is 1.50. The molecule has 0 aliphatic carbocycles. The number of carbonyl (C=O) groups is 1. The number of nitrogens with two attached hydrogens (primary N) is 1. The van der Waals surface area contributed by atoms with Gasteiger partial charge >= 0.3 is 5.91 Å². The van der Waals surface area contributed by atoms with Crippen molar-refractivity contribution in [2.45, 2.75) is 13.5 Å². The first-order valence-corrected chi connectivity index (χ1v) is 5.34. The van der Waals surface area contributed by atoms with Crippen LogP contribution in [-0.2, 0) is 6.61 Å². The Hall–Kier alpha value is -2.34. The highest BCUT2D eigenvalue weighted by atomic mass is 16.5. The summed E-state index contributed by atoms with van der Waals surface area (Å²) in [6.07, 6.45) is 3.26. The highest BCUT2D eigenvalue weighted by Gasteiger charge is 2.14. The average Bonchev–Trinajstić information content (AvgIpc) is 2.78. The Kier molecular flexibility index (Phi) is 3.59. The van der Waals surface area contributed by atoms with E-state index in [4.69, 9.17) is 15.0 Å². The molecule has 0 saturated heterocycles. The lowest BCUT2D eigenvalue weighted by molar-refractivity contribution is 0.0921. The van der Waals surface area contributed by atoms with Crippen LogP contribution >= 0.6 is 0 Å². The number of furan rings is 1. The molecule has 2 aromatic rings. The number of aromatic nitrogens is 1. The molecule has 18 heavy (non-hydrogen) atoms. The number of pyridine rings is 1. The van der Waals surface area contributed by atoms with E-state index in [1.54, 1.807) is 37.5 Å². The van der Waals surface area contributed by atoms with Crippen LogP contribution in [0.2, 0.25) is 0 Å². The molecule has 3 N–H and O–H groups in total. The lowest BCUT2D eigenvalue weighted by Gasteiger charge is -2.02. The summed E-state index contributed by atoms with van der Waals surface area (Å²) in [6.45, 7) is 1.99. The Morgan fingerprint density at radius 2 is 2.44 bits per heavy atom. The summed E-state index contributed by atoms with van der Waals surface area (Å²) >= 11 is 0. The summed E-state index contributed by atoms with van der Waals surface area (Å²) in [6, 6.07) is 5.30. The van der Waals surface area contributed by atoms with Crippen molar-refractivity contribution in [1.29, 1.82) is 0 Å². The van der Waals surface area contributed by atoms with Gasteiger partial charge in [0.15, 0.2) is 5.76 Å². The van der Waals surface area contributed by atoms with Gasteiger partial charge in [0.1, 0.15) is 18.1 Å². The summed E-state index contributed by atoms with van der Waals surface area (Å²) in [5.41, 5.74) is 2.74. The summed E-state index contributed by atoms with van der Waals surface area (Å²) < 4.78 is 10.8. The second kappa shape index (κ2) is 5.33. The number of hydrazine groups is 1. The Labute approximate surface area is 104 Å². The predicted molar refractivity (Wildman–Crippen MR) is 63.7 cm³/mol. The van der Waals surface area contributed by atoms with E-state index in [0.29, 0.717) is 17.1 Å². The van der Waals surface area contributed by atoms with Crippen molar-refractivity contribution < 1.29 is 13.9 Å². The molecule has 6 nitrogen and oxygen atoms in total. The van der Waals surface area contributed by atoms with Crippen LogP contribution in [0, 0.1) is 6.92 Å². The number of nitrogens with zero attached hydrogens (tertiary/aromatic N) is 1. The minimum atomic E-state index is -0.458. The van der Waals surface area contributed by atoms with E-state index in [-0.39, 0.29) is 12.4 Å². The molecule has 2 rings (SSSR count). The third kappa shape index (κ3) is 2.67. The molecule has 0 aromatic carbocycles. The number of ether oxygens (including phenoxy) is 1. The van der Waals surface area contributed by atoms with Crippen LogP contribution in [0.5, 0.6) is 5.75 Å². The van der Waals surface area contributed by atoms with Crippen LogP contribution in [-0.4, -0.2) is 10.9 Å². The monoisotopic (exact) mass is 247 g/mol. The van der Waals surface area contributed by atoms with Crippen LogP contribution in [0.1, 0.15) is 21.9 Å². The van der Waals surface area contributed by atoms with Crippen molar-refractivity contribution in [3.05, 3.63) is 47.7 Å². The largest absolute Gasteiger partial charge is 0.484 e. The maximum absolute atomic E-state index is 11.3. The summed E-state index contributed by atoms with van der Waals surface area (Å²) in [5.74, 6) is 5.97. The first-order chi connectivity index (χ1) is 8.70. The van der Waals surface area contributed by atoms with E-state index < -0.39 is 5.91 Å². The van der Waals surface area contributed by atoms with E-state index in [0.717, 1.165) is 0 Å². The highest BCUT2D eigenvalue weighted by Crippen LogP contribution is 2.16. The minimum Gasteiger partial charge on any atom is -0.484 e. The summed E-state index contributed by atoms with van der Waals surface area (Å²) in [5, 5.41) is 0. The van der Waals surface area contributed by atoms with E-state index in [2.05, 4.69) is 4.98 Å². The number of rotatable bonds is 4. The van der Waals surface area contributed by atoms with Crippen molar-refractivity contribution in [2.24, 2.45) is 5.84 Å². The zero-order valence-electron chi connectivity index (χ0n) is 9.84. The summed E-state index contributed by atoms with van der Waals surface area (Å²) in [4.78, 5) is 15.3. The van der Waals surface area contributed by atoms with Gasteiger partial charge in [-0.05, 0) is 25.1 Å². The molecule has 0 unspecified atom stereocenters. The average molecular weight is 247 g/mol. The zero-order chi connectivity index (χ0) is 13.0. The molecule has 2 heterocycles. The second-order valence-electron chi connectivity index (χ2n) is 3.68. The van der Waals surface area contributed by atoms with Crippen LogP contribution < -0.4 is 16.0 Å². The van der Waals surface area contributed by atoms with Gasteiger partial charge in [-0.2, -0.15) is 0 Å². The third-order valence-electron chi connectivity index (χ3n) is 2.32. The standard InChI is InChI=1S/C12H13N3O3/c1-8-5-10(18-11(8)12(16)15-13)7-17-9-3-2-4-14-6-9/h2-6H,7,13H2,1H3,(H,15,16). The van der Waals surface area contributed by atoms with Crippen molar-refractivity contribution in [2.75, 3.05) is 0 Å². The SMILES string of the molecule is Cc1cc(COc2cccnc2)oc1C(=O)NN. The Bertz CT molecular complexity index is 537. The first-order valence-electron chi connectivity index (χ1n) is 5.34. The quantitative estimate of drug-likeness (QED) is 0.480. The highest BCUT2D eigenvalue weighted by molar-refractivity contribution is 5.92. The van der Waals surface area contributed by atoms with E-state index in [1.165, 1.54) is 0 Å². The van der Waals surface area contributed by atoms with Gasteiger partial charge in [0.05, 0.1) is 6.20 Å². The number of nitrogens with one attached hydrogen (secondary N) is 1. The molecule has 0 atom stereocenters. The van der Waals surface area contributed by atoms with Crippen LogP contribution in [0.3, 0.4) is 0 Å². The number of hydrogen-bond donors (Lipinski definition) is 2. The van der Waals surface area contributed by atoms with Gasteiger partial charge in [0.2, 0.25) is 0 Å². The molecule has 0 fully saturated rings. The number of aryl methyl sites for hydroxylation is 1. The van der Waals surface area contributed by atoms with E-state index in [1.807, 2.05) is 5.43 Å². The summed E-state index contributed by atoms with van der Waals surface area (Å²) in [7, 11) is 0. The third-order valence-corrected chi connectivity index (χ3v) is 2.32. The Balaban J connectivity index is 2.05. The molecule has 1 amide bonds. The zero-order valence-corrected chi connectivity index (χ0v) is 9.84. The topological polar surface area (TPSA) is 90.4 Å². The predicted octanol–water partition coefficient (Wildman–Crippen LogP) is 1.17. The Morgan fingerprint density at radius 1 is 1.61 bits per heavy atom. The normalized spacial score (nSPS) is 10.1. The molecule has 6 heteroatoms. The lowest BCUT2D eigenvalue weighted by Crippen LogP contribution is -2.30. The maximum Gasteiger partial charge on any atom is 0.301 e. The molecule has 0 bridgehead atoms. The van der Waals surface area contributed by atoms with Crippen molar-refractivity contribution in [1.82, 2.24) is 10.4 Å². The molecule has 0 radical (unpaired) electrons. The lowest BCUT2D eigenvalue weighted by atomic mass is 10.2. The maximum atomic E-state index is 11.3. The van der Waals surface area contributed by atoms with Crippen molar-refractivity contribution >= 4 is 5.91 Å². The molecule has 0 spiro atoms. The smallest absolute Gasteiger partial charge is 0.301 e. The number of hydrogen-bond acceptors (Lipinski definition) is 5. The van der Waals surface area contributed by atoms with Crippen LogP contribution in [0.25, 0.3) is 0 Å². The molecule has 94 valence electrons. The van der Waals surface area contributed by atoms with E-state index in [9.17, 15) is 4.79 Å². The molecular weight excluding hydrogens is 234 g/mol. The molecule has 0 aliphatic rings. The van der Waals surface area contributed by atoms with Crippen LogP contribution in [0.4, 0.5) is 0 Å². The van der Waals surface area contributed by atoms with Gasteiger partial charge in [0, 0.05) is 11.8 Å². The van der Waals surface area contributed by atoms with Gasteiger partial charge in [-0.25, -0.2) is 5.84 Å². The van der Waals surface area contributed by atoms with Gasteiger partial charge in [-0.3, -0.25) is 15.2 Å². The minimum absolute atomic E-state index is 0.197. The molecule has 2 aromatic heterocycles. The molecular formula is C12H13N3O3. The van der Waals surface area contributed by atoms with Gasteiger partial charge in [-0.1, -0.05) is 0 Å². The Morgan fingerprint density at radius 3 is 3.11 bits per heavy atom. The number of nitrogen functional groups attached to an aromatic ring is 1. The van der Waals surface area contributed by atoms with Gasteiger partial charge < -0.3 is 9.15 Å². The number of carbonyl (C=O) groups excluding carboxylic acids is 1. The van der Waals surface area contributed by atoms with Crippen molar-refractivity contribution in [3.63, 3.8) is 0 Å². The van der Waals surface area contributed by atoms with E-state index >= 15 is 0 Å². The first kappa shape index (κ1) is 12.1. The molecule has 0 aliphatic heterocycles. The number of amides is 1. The fraction of sp³-hybridized carbons (Fsp3) is 0.167. The molecule has 0 saturated carbocycles. The fourth-order valence-electron chi connectivity index (χ4n) is 1.50. The van der Waals surface area contributed by atoms with Gasteiger partial charge in [-0.15, -0.1) is 0 Å². The van der Waals surface area contributed by atoms with Crippen molar-refractivity contribution in [3.8, 4) is 5.75 Å². The van der Waals surface area contributed by atoms with Crippen LogP contribution in [0.15, 0.2) is 35.0 Å². The second-order valence-corrected chi connectivity index (χ2v) is 3.68.